The second-order valence-corrected chi connectivity index (χ2v) is 3.16. The minimum absolute atomic E-state index is 0.00123. The van der Waals surface area contributed by atoms with Crippen LogP contribution in [0.25, 0.3) is 0 Å². The van der Waals surface area contributed by atoms with E-state index in [4.69, 9.17) is 4.52 Å². The lowest BCUT2D eigenvalue weighted by Gasteiger charge is -2.13. The topological polar surface area (TPSA) is 75.4 Å². The van der Waals surface area contributed by atoms with Crippen LogP contribution in [0.2, 0.25) is 0 Å². The van der Waals surface area contributed by atoms with Crippen molar-refractivity contribution >= 4 is 11.8 Å². The third-order valence-corrected chi connectivity index (χ3v) is 1.85. The van der Waals surface area contributed by atoms with E-state index in [2.05, 4.69) is 10.5 Å². The Bertz CT molecular complexity index is 372. The molecule has 0 radical (unpaired) electrons. The predicted molar refractivity (Wildman–Crippen MR) is 52.3 cm³/mol. The number of carbonyl (C=O) groups is 2. The lowest BCUT2D eigenvalue weighted by molar-refractivity contribution is -0.121. The third kappa shape index (κ3) is 2.80. The molecule has 1 N–H and O–H groups in total. The summed E-state index contributed by atoms with van der Waals surface area (Å²) < 4.78 is 4.77. The molecule has 6 nitrogen and oxygen atoms in total. The number of nitrogens with one attached hydrogen (secondary N) is 1. The number of nitrogens with zero attached hydrogens (tertiary/aromatic N) is 2. The average molecular weight is 211 g/mol. The van der Waals surface area contributed by atoms with Crippen molar-refractivity contribution in [3.63, 3.8) is 0 Å². The van der Waals surface area contributed by atoms with Crippen LogP contribution < -0.4 is 5.32 Å². The van der Waals surface area contributed by atoms with Gasteiger partial charge in [0.05, 0.1) is 6.54 Å². The van der Waals surface area contributed by atoms with Crippen LogP contribution in [-0.4, -0.2) is 42.5 Å². The van der Waals surface area contributed by atoms with E-state index in [0.717, 1.165) is 0 Å². The van der Waals surface area contributed by atoms with E-state index in [1.807, 2.05) is 0 Å². The third-order valence-electron chi connectivity index (χ3n) is 1.85. The summed E-state index contributed by atoms with van der Waals surface area (Å²) in [5.41, 5.74) is 0.207. The van der Waals surface area contributed by atoms with Gasteiger partial charge in [0.2, 0.25) is 5.91 Å². The first kappa shape index (κ1) is 11.2. The Morgan fingerprint density at radius 3 is 2.73 bits per heavy atom. The molecular weight excluding hydrogens is 198 g/mol. The number of carbonyl (C=O) groups excluding carboxylic acids is 2. The Hall–Kier alpha value is -1.85. The van der Waals surface area contributed by atoms with Gasteiger partial charge in [0.15, 0.2) is 5.69 Å². The number of aromatic nitrogens is 1. The standard InChI is InChI=1S/C9H13N3O3/c1-6-4-7(11-15-6)9(14)12(3)5-8(13)10-2/h4H,5H2,1-3H3,(H,10,13). The first-order valence-electron chi connectivity index (χ1n) is 4.44. The van der Waals surface area contributed by atoms with Crippen molar-refractivity contribution in [2.45, 2.75) is 6.92 Å². The Morgan fingerprint density at radius 1 is 1.60 bits per heavy atom. The molecule has 0 aliphatic rings. The Kier molecular flexibility index (Phi) is 3.43. The molecule has 1 aromatic rings. The molecule has 2 amide bonds. The predicted octanol–water partition coefficient (Wildman–Crippen LogP) is -0.199. The molecule has 15 heavy (non-hydrogen) atoms. The highest BCUT2D eigenvalue weighted by Crippen LogP contribution is 2.04. The molecule has 82 valence electrons. The zero-order valence-electron chi connectivity index (χ0n) is 8.90. The fourth-order valence-corrected chi connectivity index (χ4v) is 1.03. The summed E-state index contributed by atoms with van der Waals surface area (Å²) in [6, 6.07) is 1.53. The highest BCUT2D eigenvalue weighted by molar-refractivity contribution is 5.94. The molecule has 0 fully saturated rings. The fourth-order valence-electron chi connectivity index (χ4n) is 1.03. The summed E-state index contributed by atoms with van der Waals surface area (Å²) in [6.07, 6.45) is 0. The molecule has 0 aliphatic heterocycles. The van der Waals surface area contributed by atoms with Gasteiger partial charge in [-0.3, -0.25) is 9.59 Å². The van der Waals surface area contributed by atoms with Gasteiger partial charge in [-0.05, 0) is 6.92 Å². The molecule has 0 spiro atoms. The molecule has 0 unspecified atom stereocenters. The maximum atomic E-state index is 11.6. The van der Waals surface area contributed by atoms with Crippen molar-refractivity contribution in [2.24, 2.45) is 0 Å². The van der Waals surface area contributed by atoms with Crippen molar-refractivity contribution < 1.29 is 14.1 Å². The Labute approximate surface area is 87.2 Å². The van der Waals surface area contributed by atoms with Gasteiger partial charge in [-0.25, -0.2) is 0 Å². The summed E-state index contributed by atoms with van der Waals surface area (Å²) in [4.78, 5) is 23.9. The lowest BCUT2D eigenvalue weighted by atomic mass is 10.3. The van der Waals surface area contributed by atoms with Crippen LogP contribution in [0.15, 0.2) is 10.6 Å². The highest BCUT2D eigenvalue weighted by atomic mass is 16.5. The zero-order valence-corrected chi connectivity index (χ0v) is 8.90. The molecule has 1 aromatic heterocycles. The van der Waals surface area contributed by atoms with Gasteiger partial charge in [0.1, 0.15) is 5.76 Å². The minimum Gasteiger partial charge on any atom is -0.361 e. The number of aryl methyl sites for hydroxylation is 1. The van der Waals surface area contributed by atoms with Crippen LogP contribution in [0.5, 0.6) is 0 Å². The number of amides is 2. The van der Waals surface area contributed by atoms with E-state index in [1.165, 1.54) is 25.1 Å². The van der Waals surface area contributed by atoms with Gasteiger partial charge >= 0.3 is 0 Å². The van der Waals surface area contributed by atoms with Crippen LogP contribution in [0, 0.1) is 6.92 Å². The summed E-state index contributed by atoms with van der Waals surface area (Å²) in [5.74, 6) is -0.00629. The Balaban J connectivity index is 2.64. The first-order valence-corrected chi connectivity index (χ1v) is 4.44. The van der Waals surface area contributed by atoms with E-state index in [0.29, 0.717) is 5.76 Å². The fraction of sp³-hybridized carbons (Fsp3) is 0.444. The van der Waals surface area contributed by atoms with Gasteiger partial charge in [0.25, 0.3) is 5.91 Å². The molecule has 0 saturated heterocycles. The summed E-state index contributed by atoms with van der Waals surface area (Å²) in [7, 11) is 3.04. The second kappa shape index (κ2) is 4.59. The van der Waals surface area contributed by atoms with Crippen LogP contribution in [-0.2, 0) is 4.79 Å². The van der Waals surface area contributed by atoms with E-state index >= 15 is 0 Å². The van der Waals surface area contributed by atoms with E-state index < -0.39 is 0 Å². The van der Waals surface area contributed by atoms with Crippen LogP contribution in [0.3, 0.4) is 0 Å². The maximum Gasteiger partial charge on any atom is 0.276 e. The monoisotopic (exact) mass is 211 g/mol. The van der Waals surface area contributed by atoms with Gasteiger partial charge in [-0.1, -0.05) is 5.16 Å². The minimum atomic E-state index is -0.338. The number of hydrogen-bond acceptors (Lipinski definition) is 4. The second-order valence-electron chi connectivity index (χ2n) is 3.16. The molecule has 6 heteroatoms. The van der Waals surface area contributed by atoms with Crippen molar-refractivity contribution in [1.29, 1.82) is 0 Å². The van der Waals surface area contributed by atoms with Crippen molar-refractivity contribution in [2.75, 3.05) is 20.6 Å². The molecule has 0 saturated carbocycles. The van der Waals surface area contributed by atoms with Crippen molar-refractivity contribution in [3.05, 3.63) is 17.5 Å². The largest absolute Gasteiger partial charge is 0.361 e. The van der Waals surface area contributed by atoms with Crippen LogP contribution in [0.1, 0.15) is 16.2 Å². The average Bonchev–Trinajstić information content (AvgIpc) is 2.63. The normalized spacial score (nSPS) is 9.80. The van der Waals surface area contributed by atoms with Crippen molar-refractivity contribution in [3.8, 4) is 0 Å². The molecule has 1 heterocycles. The quantitative estimate of drug-likeness (QED) is 0.751. The number of likely N-dealkylation sites (N-methyl/N-ethyl adjacent to an activating group) is 2. The van der Waals surface area contributed by atoms with Crippen LogP contribution in [0.4, 0.5) is 0 Å². The number of rotatable bonds is 3. The lowest BCUT2D eigenvalue weighted by Crippen LogP contribution is -2.37. The molecule has 0 atom stereocenters. The summed E-state index contributed by atoms with van der Waals surface area (Å²) in [6.45, 7) is 1.70. The first-order chi connectivity index (χ1) is 7.04. The molecule has 0 bridgehead atoms. The van der Waals surface area contributed by atoms with Gasteiger partial charge in [0, 0.05) is 20.2 Å². The molecular formula is C9H13N3O3. The molecule has 1 rings (SSSR count). The van der Waals surface area contributed by atoms with Crippen molar-refractivity contribution in [1.82, 2.24) is 15.4 Å². The summed E-state index contributed by atoms with van der Waals surface area (Å²) >= 11 is 0. The van der Waals surface area contributed by atoms with Gasteiger partial charge in [-0.2, -0.15) is 0 Å². The van der Waals surface area contributed by atoms with Crippen LogP contribution >= 0.6 is 0 Å². The molecule has 0 aliphatic carbocycles. The number of hydrogen-bond donors (Lipinski definition) is 1. The maximum absolute atomic E-state index is 11.6. The summed E-state index contributed by atoms with van der Waals surface area (Å²) in [5, 5.41) is 6.00. The van der Waals surface area contributed by atoms with E-state index in [-0.39, 0.29) is 24.1 Å². The van der Waals surface area contributed by atoms with Gasteiger partial charge in [-0.15, -0.1) is 0 Å². The smallest absolute Gasteiger partial charge is 0.276 e. The molecule has 0 aromatic carbocycles. The highest BCUT2D eigenvalue weighted by Gasteiger charge is 2.17. The Morgan fingerprint density at radius 2 is 2.27 bits per heavy atom. The van der Waals surface area contributed by atoms with E-state index in [1.54, 1.807) is 6.92 Å². The van der Waals surface area contributed by atoms with Gasteiger partial charge < -0.3 is 14.7 Å². The zero-order chi connectivity index (χ0) is 11.4. The SMILES string of the molecule is CNC(=O)CN(C)C(=O)c1cc(C)on1. The van der Waals surface area contributed by atoms with E-state index in [9.17, 15) is 9.59 Å².